The van der Waals surface area contributed by atoms with Crippen LogP contribution >= 0.6 is 11.5 Å². The number of nitrogens with two attached hydrogens (primary N) is 1. The molecule has 0 aliphatic carbocycles. The highest BCUT2D eigenvalue weighted by Gasteiger charge is 2.28. The summed E-state index contributed by atoms with van der Waals surface area (Å²) in [5, 5.41) is 3.25. The molecular weight excluding hydrogens is 284 g/mol. The van der Waals surface area contributed by atoms with Crippen molar-refractivity contribution in [2.45, 2.75) is 38.6 Å². The summed E-state index contributed by atoms with van der Waals surface area (Å²) in [6.07, 6.45) is 2.15. The van der Waals surface area contributed by atoms with Gasteiger partial charge in [0.1, 0.15) is 5.82 Å². The molecule has 0 radical (unpaired) electrons. The first-order valence-electron chi connectivity index (χ1n) is 6.98. The lowest BCUT2D eigenvalue weighted by Crippen LogP contribution is -2.48. The Morgan fingerprint density at radius 3 is 2.76 bits per heavy atom. The molecule has 1 heterocycles. The maximum atomic E-state index is 12.1. The van der Waals surface area contributed by atoms with Gasteiger partial charge >= 0.3 is 0 Å². The quantitative estimate of drug-likeness (QED) is 0.859. The van der Waals surface area contributed by atoms with Gasteiger partial charge in [0.2, 0.25) is 11.0 Å². The molecule has 2 aromatic rings. The van der Waals surface area contributed by atoms with Gasteiger partial charge in [0.25, 0.3) is 0 Å². The van der Waals surface area contributed by atoms with Crippen LogP contribution in [0.4, 0.5) is 5.13 Å². The van der Waals surface area contributed by atoms with Crippen LogP contribution in [0.15, 0.2) is 30.3 Å². The van der Waals surface area contributed by atoms with E-state index >= 15 is 0 Å². The Bertz CT molecular complexity index is 595. The number of nitrogens with zero attached hydrogens (tertiary/aromatic N) is 2. The third-order valence-corrected chi connectivity index (χ3v) is 3.85. The van der Waals surface area contributed by atoms with Crippen molar-refractivity contribution < 1.29 is 4.79 Å². The molecule has 3 N–H and O–H groups in total. The van der Waals surface area contributed by atoms with E-state index in [1.54, 1.807) is 6.92 Å². The molecule has 0 aliphatic heterocycles. The Kier molecular flexibility index (Phi) is 5.03. The van der Waals surface area contributed by atoms with Crippen LogP contribution in [0.25, 0.3) is 0 Å². The average Bonchev–Trinajstić information content (AvgIpc) is 2.87. The fourth-order valence-corrected chi connectivity index (χ4v) is 2.61. The molecule has 0 saturated heterocycles. The molecule has 0 spiro atoms. The standard InChI is InChI=1S/C15H20N4OS/c1-3-9-15(2,16)13(20)18-14-17-12(19-21-14)10-11-7-5-4-6-8-11/h4-8H,3,9-10,16H2,1-2H3,(H,17,18,19,20). The molecule has 1 unspecified atom stereocenters. The molecule has 5 nitrogen and oxygen atoms in total. The minimum absolute atomic E-state index is 0.216. The van der Waals surface area contributed by atoms with Crippen LogP contribution in [-0.2, 0) is 11.2 Å². The fraction of sp³-hybridized carbons (Fsp3) is 0.400. The summed E-state index contributed by atoms with van der Waals surface area (Å²) >= 11 is 1.18. The molecule has 0 aliphatic rings. The monoisotopic (exact) mass is 304 g/mol. The summed E-state index contributed by atoms with van der Waals surface area (Å²) in [4.78, 5) is 16.4. The summed E-state index contributed by atoms with van der Waals surface area (Å²) in [6, 6.07) is 9.98. The zero-order valence-electron chi connectivity index (χ0n) is 12.3. The van der Waals surface area contributed by atoms with Gasteiger partial charge in [-0.05, 0) is 18.9 Å². The number of rotatable bonds is 6. The molecule has 6 heteroatoms. The summed E-state index contributed by atoms with van der Waals surface area (Å²) in [7, 11) is 0. The number of anilines is 1. The maximum absolute atomic E-state index is 12.1. The smallest absolute Gasteiger partial charge is 0.245 e. The first kappa shape index (κ1) is 15.6. The Labute approximate surface area is 128 Å². The maximum Gasteiger partial charge on any atom is 0.245 e. The SMILES string of the molecule is CCCC(C)(N)C(=O)Nc1nc(Cc2ccccc2)ns1. The normalized spacial score (nSPS) is 13.7. The van der Waals surface area contributed by atoms with Crippen molar-refractivity contribution in [1.82, 2.24) is 9.36 Å². The first-order valence-corrected chi connectivity index (χ1v) is 7.75. The molecule has 1 aromatic heterocycles. The fourth-order valence-electron chi connectivity index (χ4n) is 2.03. The van der Waals surface area contributed by atoms with Gasteiger partial charge in [0, 0.05) is 18.0 Å². The van der Waals surface area contributed by atoms with Gasteiger partial charge in [-0.15, -0.1) is 0 Å². The number of carbonyl (C=O) groups is 1. The Morgan fingerprint density at radius 2 is 2.10 bits per heavy atom. The lowest BCUT2D eigenvalue weighted by molar-refractivity contribution is -0.120. The molecule has 1 aromatic carbocycles. The number of carbonyl (C=O) groups excluding carboxylic acids is 1. The van der Waals surface area contributed by atoms with Gasteiger partial charge < -0.3 is 5.73 Å². The Hall–Kier alpha value is -1.79. The largest absolute Gasteiger partial charge is 0.318 e. The van der Waals surface area contributed by atoms with Gasteiger partial charge in [-0.25, -0.2) is 4.98 Å². The van der Waals surface area contributed by atoms with Crippen molar-refractivity contribution in [2.75, 3.05) is 5.32 Å². The number of benzene rings is 1. The van der Waals surface area contributed by atoms with Crippen LogP contribution in [0, 0.1) is 0 Å². The second-order valence-corrected chi connectivity index (χ2v) is 6.05. The number of amides is 1. The number of aromatic nitrogens is 2. The molecular formula is C15H20N4OS. The third-order valence-electron chi connectivity index (χ3n) is 3.18. The molecule has 1 amide bonds. The lowest BCUT2D eigenvalue weighted by Gasteiger charge is -2.21. The third kappa shape index (κ3) is 4.34. The van der Waals surface area contributed by atoms with Crippen LogP contribution in [0.3, 0.4) is 0 Å². The average molecular weight is 304 g/mol. The van der Waals surface area contributed by atoms with E-state index in [9.17, 15) is 4.79 Å². The van der Waals surface area contributed by atoms with Crippen LogP contribution in [0.2, 0.25) is 0 Å². The topological polar surface area (TPSA) is 80.9 Å². The minimum Gasteiger partial charge on any atom is -0.318 e. The second kappa shape index (κ2) is 6.78. The predicted octanol–water partition coefficient (Wildman–Crippen LogP) is 2.58. The van der Waals surface area contributed by atoms with E-state index in [4.69, 9.17) is 5.73 Å². The summed E-state index contributed by atoms with van der Waals surface area (Å²) in [5.41, 5.74) is 6.26. The lowest BCUT2D eigenvalue weighted by atomic mass is 9.97. The van der Waals surface area contributed by atoms with E-state index in [1.807, 2.05) is 37.3 Å². The minimum atomic E-state index is -0.875. The molecule has 2 rings (SSSR count). The van der Waals surface area contributed by atoms with Gasteiger partial charge in [0.05, 0.1) is 5.54 Å². The second-order valence-electron chi connectivity index (χ2n) is 5.30. The molecule has 0 fully saturated rings. The van der Waals surface area contributed by atoms with Crippen molar-refractivity contribution >= 4 is 22.6 Å². The Morgan fingerprint density at radius 1 is 1.38 bits per heavy atom. The van der Waals surface area contributed by atoms with Crippen LogP contribution in [0.1, 0.15) is 38.1 Å². The number of nitrogens with one attached hydrogen (secondary N) is 1. The van der Waals surface area contributed by atoms with E-state index in [1.165, 1.54) is 11.5 Å². The number of hydrogen-bond donors (Lipinski definition) is 2. The highest BCUT2D eigenvalue weighted by molar-refractivity contribution is 7.09. The van der Waals surface area contributed by atoms with Crippen molar-refractivity contribution in [1.29, 1.82) is 0 Å². The predicted molar refractivity (Wildman–Crippen MR) is 85.3 cm³/mol. The van der Waals surface area contributed by atoms with Crippen LogP contribution < -0.4 is 11.1 Å². The van der Waals surface area contributed by atoms with Crippen LogP contribution in [-0.4, -0.2) is 20.8 Å². The molecule has 0 bridgehead atoms. The number of hydrogen-bond acceptors (Lipinski definition) is 5. The van der Waals surface area contributed by atoms with E-state index < -0.39 is 5.54 Å². The van der Waals surface area contributed by atoms with Gasteiger partial charge in [-0.1, -0.05) is 43.7 Å². The first-order chi connectivity index (χ1) is 10.0. The zero-order chi connectivity index (χ0) is 15.3. The summed E-state index contributed by atoms with van der Waals surface area (Å²) in [5.74, 6) is 0.488. The Balaban J connectivity index is 1.99. The van der Waals surface area contributed by atoms with E-state index in [2.05, 4.69) is 14.7 Å². The zero-order valence-corrected chi connectivity index (χ0v) is 13.1. The summed E-state index contributed by atoms with van der Waals surface area (Å²) < 4.78 is 4.27. The molecule has 1 atom stereocenters. The van der Waals surface area contributed by atoms with Crippen LogP contribution in [0.5, 0.6) is 0 Å². The highest BCUT2D eigenvalue weighted by Crippen LogP contribution is 2.17. The molecule has 0 saturated carbocycles. The van der Waals surface area contributed by atoms with E-state index in [-0.39, 0.29) is 5.91 Å². The van der Waals surface area contributed by atoms with Gasteiger partial charge in [0.15, 0.2) is 0 Å². The molecule has 112 valence electrons. The van der Waals surface area contributed by atoms with Crippen molar-refractivity contribution in [3.63, 3.8) is 0 Å². The van der Waals surface area contributed by atoms with Crippen molar-refractivity contribution in [2.24, 2.45) is 5.73 Å². The van der Waals surface area contributed by atoms with Gasteiger partial charge in [-0.3, -0.25) is 10.1 Å². The highest BCUT2D eigenvalue weighted by atomic mass is 32.1. The van der Waals surface area contributed by atoms with E-state index in [0.29, 0.717) is 23.8 Å². The van der Waals surface area contributed by atoms with Crippen molar-refractivity contribution in [3.8, 4) is 0 Å². The van der Waals surface area contributed by atoms with Gasteiger partial charge in [-0.2, -0.15) is 4.37 Å². The summed E-state index contributed by atoms with van der Waals surface area (Å²) in [6.45, 7) is 3.74. The van der Waals surface area contributed by atoms with E-state index in [0.717, 1.165) is 12.0 Å². The molecule has 21 heavy (non-hydrogen) atoms. The van der Waals surface area contributed by atoms with Crippen molar-refractivity contribution in [3.05, 3.63) is 41.7 Å².